The van der Waals surface area contributed by atoms with Crippen LogP contribution in [-0.2, 0) is 6.42 Å². The zero-order chi connectivity index (χ0) is 13.0. The van der Waals surface area contributed by atoms with Gasteiger partial charge < -0.3 is 10.3 Å². The summed E-state index contributed by atoms with van der Waals surface area (Å²) in [6.45, 7) is 2.19. The van der Waals surface area contributed by atoms with Crippen LogP contribution in [0.25, 0.3) is 11.1 Å². The molecule has 0 aliphatic carbocycles. The van der Waals surface area contributed by atoms with Crippen LogP contribution in [0.4, 0.5) is 5.88 Å². The molecule has 1 heterocycles. The molecular weight excluding hydrogens is 292 g/mol. The molecule has 4 heteroatoms. The zero-order valence-electron chi connectivity index (χ0n) is 10.4. The number of benzene rings is 1. The van der Waals surface area contributed by atoms with Crippen LogP contribution in [0.2, 0.25) is 0 Å². The molecule has 0 saturated heterocycles. The highest BCUT2D eigenvalue weighted by Crippen LogP contribution is 2.31. The minimum Gasteiger partial charge on any atom is -0.367 e. The summed E-state index contributed by atoms with van der Waals surface area (Å²) in [6, 6.07) is 8.04. The molecular formula is C14H17BrN2O. The van der Waals surface area contributed by atoms with E-state index in [9.17, 15) is 0 Å². The van der Waals surface area contributed by atoms with Crippen LogP contribution in [0.15, 0.2) is 33.3 Å². The number of halogens is 1. The van der Waals surface area contributed by atoms with Crippen molar-refractivity contribution < 1.29 is 4.52 Å². The van der Waals surface area contributed by atoms with Crippen molar-refractivity contribution in [2.45, 2.75) is 32.6 Å². The molecule has 0 spiro atoms. The predicted molar refractivity (Wildman–Crippen MR) is 77.3 cm³/mol. The molecule has 96 valence electrons. The van der Waals surface area contributed by atoms with Gasteiger partial charge in [-0.1, -0.05) is 53.0 Å². The zero-order valence-corrected chi connectivity index (χ0v) is 12.0. The standard InChI is InChI=1S/C14H17BrN2O/c1-2-3-4-5-12-13(14(16)18-17-12)10-6-8-11(15)9-7-10/h6-9H,2-5,16H2,1H3. The third-order valence-electron chi connectivity index (χ3n) is 2.94. The fourth-order valence-electron chi connectivity index (χ4n) is 1.98. The van der Waals surface area contributed by atoms with Gasteiger partial charge in [-0.05, 0) is 30.5 Å². The third kappa shape index (κ3) is 2.93. The summed E-state index contributed by atoms with van der Waals surface area (Å²) in [5.41, 5.74) is 8.84. The van der Waals surface area contributed by atoms with Gasteiger partial charge in [-0.3, -0.25) is 0 Å². The number of unbranched alkanes of at least 4 members (excludes halogenated alkanes) is 2. The van der Waals surface area contributed by atoms with Crippen molar-refractivity contribution in [3.63, 3.8) is 0 Å². The first-order chi connectivity index (χ1) is 8.72. The second-order valence-corrected chi connectivity index (χ2v) is 5.25. The van der Waals surface area contributed by atoms with Crippen LogP contribution in [-0.4, -0.2) is 5.16 Å². The number of aromatic nitrogens is 1. The number of nitrogens with two attached hydrogens (primary N) is 1. The largest absolute Gasteiger partial charge is 0.367 e. The Hall–Kier alpha value is -1.29. The van der Waals surface area contributed by atoms with Gasteiger partial charge in [-0.2, -0.15) is 0 Å². The maximum atomic E-state index is 5.87. The van der Waals surface area contributed by atoms with Crippen LogP contribution < -0.4 is 5.73 Å². The highest BCUT2D eigenvalue weighted by molar-refractivity contribution is 9.10. The van der Waals surface area contributed by atoms with E-state index in [1.165, 1.54) is 12.8 Å². The van der Waals surface area contributed by atoms with E-state index in [4.69, 9.17) is 10.3 Å². The fourth-order valence-corrected chi connectivity index (χ4v) is 2.24. The summed E-state index contributed by atoms with van der Waals surface area (Å²) < 4.78 is 6.18. The Kier molecular flexibility index (Phi) is 4.42. The van der Waals surface area contributed by atoms with Gasteiger partial charge in [-0.15, -0.1) is 0 Å². The maximum absolute atomic E-state index is 5.87. The third-order valence-corrected chi connectivity index (χ3v) is 3.47. The van der Waals surface area contributed by atoms with Crippen LogP contribution in [0.3, 0.4) is 0 Å². The number of nitrogen functional groups attached to an aromatic ring is 1. The molecule has 2 rings (SSSR count). The number of hydrogen-bond acceptors (Lipinski definition) is 3. The molecule has 0 unspecified atom stereocenters. The second kappa shape index (κ2) is 6.05. The van der Waals surface area contributed by atoms with Crippen molar-refractivity contribution in [2.24, 2.45) is 0 Å². The van der Waals surface area contributed by atoms with E-state index < -0.39 is 0 Å². The van der Waals surface area contributed by atoms with Crippen molar-refractivity contribution in [1.29, 1.82) is 0 Å². The summed E-state index contributed by atoms with van der Waals surface area (Å²) in [6.07, 6.45) is 4.43. The Balaban J connectivity index is 2.25. The lowest BCUT2D eigenvalue weighted by Gasteiger charge is -2.02. The highest BCUT2D eigenvalue weighted by Gasteiger charge is 2.15. The van der Waals surface area contributed by atoms with Crippen LogP contribution in [0.5, 0.6) is 0 Å². The van der Waals surface area contributed by atoms with Gasteiger partial charge in [0.25, 0.3) is 0 Å². The van der Waals surface area contributed by atoms with Gasteiger partial charge in [0.1, 0.15) is 0 Å². The lowest BCUT2D eigenvalue weighted by atomic mass is 10.0. The minimum absolute atomic E-state index is 0.406. The van der Waals surface area contributed by atoms with Crippen LogP contribution in [0, 0.1) is 0 Å². The van der Waals surface area contributed by atoms with Crippen molar-refractivity contribution in [2.75, 3.05) is 5.73 Å². The minimum atomic E-state index is 0.406. The number of rotatable bonds is 5. The Labute approximate surface area is 115 Å². The van der Waals surface area contributed by atoms with Gasteiger partial charge >= 0.3 is 0 Å². The summed E-state index contributed by atoms with van der Waals surface area (Å²) >= 11 is 3.43. The van der Waals surface area contributed by atoms with Crippen LogP contribution in [0.1, 0.15) is 31.9 Å². The molecule has 0 amide bonds. The Morgan fingerprint density at radius 3 is 2.61 bits per heavy atom. The average Bonchev–Trinajstić information content (AvgIpc) is 2.72. The van der Waals surface area contributed by atoms with Crippen LogP contribution >= 0.6 is 15.9 Å². The molecule has 0 fully saturated rings. The summed E-state index contributed by atoms with van der Waals surface area (Å²) in [5, 5.41) is 4.07. The van der Waals surface area contributed by atoms with Crippen molar-refractivity contribution in [3.8, 4) is 11.1 Å². The Bertz CT molecular complexity index is 505. The molecule has 3 nitrogen and oxygen atoms in total. The van der Waals surface area contributed by atoms with Crippen molar-refractivity contribution >= 4 is 21.8 Å². The SMILES string of the molecule is CCCCCc1noc(N)c1-c1ccc(Br)cc1. The monoisotopic (exact) mass is 308 g/mol. The summed E-state index contributed by atoms with van der Waals surface area (Å²) in [5.74, 6) is 0.406. The molecule has 0 bridgehead atoms. The normalized spacial score (nSPS) is 10.8. The summed E-state index contributed by atoms with van der Waals surface area (Å²) in [4.78, 5) is 0. The van der Waals surface area contributed by atoms with E-state index in [0.29, 0.717) is 5.88 Å². The topological polar surface area (TPSA) is 52.0 Å². The molecule has 0 radical (unpaired) electrons. The van der Waals surface area contributed by atoms with Gasteiger partial charge in [0.15, 0.2) is 0 Å². The van der Waals surface area contributed by atoms with E-state index in [2.05, 4.69) is 28.0 Å². The Morgan fingerprint density at radius 1 is 1.22 bits per heavy atom. The molecule has 2 N–H and O–H groups in total. The van der Waals surface area contributed by atoms with E-state index in [1.807, 2.05) is 24.3 Å². The quantitative estimate of drug-likeness (QED) is 0.832. The van der Waals surface area contributed by atoms with Gasteiger partial charge in [0.2, 0.25) is 5.88 Å². The Morgan fingerprint density at radius 2 is 1.94 bits per heavy atom. The fraction of sp³-hybridized carbons (Fsp3) is 0.357. The number of nitrogens with zero attached hydrogens (tertiary/aromatic N) is 1. The molecule has 0 aliphatic heterocycles. The first-order valence-corrected chi connectivity index (χ1v) is 7.01. The summed E-state index contributed by atoms with van der Waals surface area (Å²) in [7, 11) is 0. The molecule has 2 aromatic rings. The van der Waals surface area contributed by atoms with Crippen molar-refractivity contribution in [1.82, 2.24) is 5.16 Å². The van der Waals surface area contributed by atoms with E-state index in [-0.39, 0.29) is 0 Å². The molecule has 1 aromatic heterocycles. The predicted octanol–water partition coefficient (Wildman–Crippen LogP) is 4.42. The van der Waals surface area contributed by atoms with E-state index in [0.717, 1.165) is 34.1 Å². The number of hydrogen-bond donors (Lipinski definition) is 1. The van der Waals surface area contributed by atoms with E-state index >= 15 is 0 Å². The van der Waals surface area contributed by atoms with Gasteiger partial charge in [0.05, 0.1) is 11.3 Å². The second-order valence-electron chi connectivity index (χ2n) is 4.33. The van der Waals surface area contributed by atoms with E-state index in [1.54, 1.807) is 0 Å². The molecule has 0 saturated carbocycles. The maximum Gasteiger partial charge on any atom is 0.230 e. The first-order valence-electron chi connectivity index (χ1n) is 6.22. The van der Waals surface area contributed by atoms with Gasteiger partial charge in [-0.25, -0.2) is 0 Å². The molecule has 1 aromatic carbocycles. The van der Waals surface area contributed by atoms with Crippen molar-refractivity contribution in [3.05, 3.63) is 34.4 Å². The molecule has 18 heavy (non-hydrogen) atoms. The molecule has 0 atom stereocenters. The number of aryl methyl sites for hydroxylation is 1. The lowest BCUT2D eigenvalue weighted by molar-refractivity contribution is 0.426. The number of anilines is 1. The first kappa shape index (κ1) is 13.1. The van der Waals surface area contributed by atoms with Gasteiger partial charge in [0, 0.05) is 4.47 Å². The smallest absolute Gasteiger partial charge is 0.230 e. The molecule has 0 aliphatic rings. The lowest BCUT2D eigenvalue weighted by Crippen LogP contribution is -1.91. The highest BCUT2D eigenvalue weighted by atomic mass is 79.9. The average molecular weight is 309 g/mol.